The summed E-state index contributed by atoms with van der Waals surface area (Å²) >= 11 is 0. The minimum absolute atomic E-state index is 0.281. The van der Waals surface area contributed by atoms with E-state index in [0.717, 1.165) is 11.3 Å². The summed E-state index contributed by atoms with van der Waals surface area (Å²) in [7, 11) is 1.62. The topological polar surface area (TPSA) is 74.5 Å². The number of aliphatic hydroxyl groups is 1. The van der Waals surface area contributed by atoms with Gasteiger partial charge in [0, 0.05) is 37.9 Å². The zero-order chi connectivity index (χ0) is 15.1. The molecule has 0 aliphatic carbocycles. The number of oxime groups is 1. The number of para-hydroxylation sites is 1. The number of fused-ring (bicyclic) bond motifs is 1. The van der Waals surface area contributed by atoms with Crippen molar-refractivity contribution in [3.8, 4) is 0 Å². The molecule has 0 aromatic heterocycles. The summed E-state index contributed by atoms with van der Waals surface area (Å²) in [5, 5.41) is 22.5. The molecule has 1 heterocycles. The van der Waals surface area contributed by atoms with Gasteiger partial charge in [-0.25, -0.2) is 0 Å². The third-order valence-corrected chi connectivity index (χ3v) is 3.47. The zero-order valence-electron chi connectivity index (χ0n) is 12.2. The third kappa shape index (κ3) is 4.17. The first-order chi connectivity index (χ1) is 10.3. The number of aliphatic hydroxyl groups excluding tert-OH is 1. The highest BCUT2D eigenvalue weighted by atomic mass is 16.5. The van der Waals surface area contributed by atoms with Gasteiger partial charge < -0.3 is 24.7 Å². The van der Waals surface area contributed by atoms with Crippen LogP contribution in [-0.2, 0) is 9.47 Å². The van der Waals surface area contributed by atoms with Gasteiger partial charge in [0.1, 0.15) is 0 Å². The van der Waals surface area contributed by atoms with E-state index in [0.29, 0.717) is 38.4 Å². The van der Waals surface area contributed by atoms with Crippen LogP contribution in [0.2, 0.25) is 0 Å². The van der Waals surface area contributed by atoms with Gasteiger partial charge in [0.2, 0.25) is 0 Å². The maximum atomic E-state index is 10.1. The van der Waals surface area contributed by atoms with Crippen molar-refractivity contribution in [2.24, 2.45) is 5.16 Å². The van der Waals surface area contributed by atoms with Crippen molar-refractivity contribution in [3.63, 3.8) is 0 Å². The van der Waals surface area contributed by atoms with Crippen molar-refractivity contribution in [1.82, 2.24) is 0 Å². The molecule has 1 aromatic carbocycles. The highest BCUT2D eigenvalue weighted by Crippen LogP contribution is 2.27. The minimum Gasteiger partial charge on any atom is -0.411 e. The smallest absolute Gasteiger partial charge is 0.0948 e. The Kier molecular flexibility index (Phi) is 5.98. The number of benzene rings is 1. The van der Waals surface area contributed by atoms with Gasteiger partial charge >= 0.3 is 0 Å². The molecule has 2 rings (SSSR count). The van der Waals surface area contributed by atoms with Gasteiger partial charge in [0.15, 0.2) is 0 Å². The van der Waals surface area contributed by atoms with Crippen molar-refractivity contribution in [3.05, 3.63) is 29.8 Å². The van der Waals surface area contributed by atoms with E-state index in [4.69, 9.17) is 14.7 Å². The van der Waals surface area contributed by atoms with Gasteiger partial charge in [-0.15, -0.1) is 0 Å². The fourth-order valence-corrected chi connectivity index (χ4v) is 2.45. The largest absolute Gasteiger partial charge is 0.411 e. The predicted octanol–water partition coefficient (Wildman–Crippen LogP) is 1.10. The molecule has 1 aliphatic heterocycles. The number of hydrogen-bond donors (Lipinski definition) is 2. The second kappa shape index (κ2) is 7.97. The molecule has 0 saturated heterocycles. The average molecular weight is 294 g/mol. The molecule has 0 spiro atoms. The van der Waals surface area contributed by atoms with E-state index >= 15 is 0 Å². The van der Waals surface area contributed by atoms with Crippen molar-refractivity contribution in [1.29, 1.82) is 0 Å². The lowest BCUT2D eigenvalue weighted by molar-refractivity contribution is 0.0161. The van der Waals surface area contributed by atoms with E-state index < -0.39 is 6.10 Å². The quantitative estimate of drug-likeness (QED) is 0.447. The fraction of sp³-hybridized carbons (Fsp3) is 0.533. The number of methoxy groups -OCH3 is 1. The number of ether oxygens (including phenoxy) is 2. The van der Waals surface area contributed by atoms with Gasteiger partial charge in [0.25, 0.3) is 0 Å². The monoisotopic (exact) mass is 294 g/mol. The Morgan fingerprint density at radius 3 is 2.90 bits per heavy atom. The molecule has 0 fully saturated rings. The maximum absolute atomic E-state index is 10.1. The summed E-state index contributed by atoms with van der Waals surface area (Å²) in [4.78, 5) is 2.09. The first-order valence-electron chi connectivity index (χ1n) is 7.06. The number of β-amino-alcohol motifs (C(OH)–C–C–N with tert-alkyl or cyclic N) is 1. The number of anilines is 1. The Labute approximate surface area is 124 Å². The van der Waals surface area contributed by atoms with Crippen LogP contribution in [0.15, 0.2) is 29.4 Å². The summed E-state index contributed by atoms with van der Waals surface area (Å²) in [6, 6.07) is 7.75. The molecule has 0 amide bonds. The Hall–Kier alpha value is -1.63. The molecule has 0 radical (unpaired) electrons. The first-order valence-corrected chi connectivity index (χ1v) is 7.06. The van der Waals surface area contributed by atoms with E-state index in [-0.39, 0.29) is 6.61 Å². The van der Waals surface area contributed by atoms with E-state index in [1.165, 1.54) is 0 Å². The van der Waals surface area contributed by atoms with Crippen LogP contribution in [0.4, 0.5) is 5.69 Å². The average Bonchev–Trinajstić information content (AvgIpc) is 2.52. The molecule has 0 saturated carbocycles. The highest BCUT2D eigenvalue weighted by Gasteiger charge is 2.23. The molecule has 1 atom stereocenters. The maximum Gasteiger partial charge on any atom is 0.0948 e. The van der Waals surface area contributed by atoms with Gasteiger partial charge in [0.05, 0.1) is 31.6 Å². The van der Waals surface area contributed by atoms with Crippen LogP contribution in [0, 0.1) is 0 Å². The Balaban J connectivity index is 1.95. The van der Waals surface area contributed by atoms with Gasteiger partial charge in [-0.2, -0.15) is 0 Å². The van der Waals surface area contributed by atoms with Crippen molar-refractivity contribution >= 4 is 11.4 Å². The van der Waals surface area contributed by atoms with Crippen molar-refractivity contribution in [2.45, 2.75) is 12.5 Å². The standard InChI is InChI=1S/C15H22N2O4/c1-20-8-9-21-11-12(18)10-17-7-6-14(16-19)13-4-2-3-5-15(13)17/h2-5,12,18-19H,6-11H2,1H3/b16-14-. The van der Waals surface area contributed by atoms with Gasteiger partial charge in [-0.05, 0) is 6.07 Å². The minimum atomic E-state index is -0.567. The summed E-state index contributed by atoms with van der Waals surface area (Å²) in [5.74, 6) is 0. The molecule has 2 N–H and O–H groups in total. The summed E-state index contributed by atoms with van der Waals surface area (Å²) in [6.07, 6.45) is 0.0904. The number of hydrogen-bond acceptors (Lipinski definition) is 6. The molecule has 6 heteroatoms. The fourth-order valence-electron chi connectivity index (χ4n) is 2.45. The van der Waals surface area contributed by atoms with Crippen LogP contribution >= 0.6 is 0 Å². The molecule has 1 unspecified atom stereocenters. The van der Waals surface area contributed by atoms with Crippen LogP contribution in [0.25, 0.3) is 0 Å². The first kappa shape index (κ1) is 15.8. The highest BCUT2D eigenvalue weighted by molar-refractivity contribution is 6.06. The van der Waals surface area contributed by atoms with Crippen LogP contribution in [-0.4, -0.2) is 62.1 Å². The predicted molar refractivity (Wildman–Crippen MR) is 80.3 cm³/mol. The summed E-state index contributed by atoms with van der Waals surface area (Å²) in [5.41, 5.74) is 2.58. The Bertz CT molecular complexity index is 478. The Morgan fingerprint density at radius 2 is 2.14 bits per heavy atom. The second-order valence-corrected chi connectivity index (χ2v) is 4.98. The molecule has 1 aromatic rings. The lowest BCUT2D eigenvalue weighted by Crippen LogP contribution is -2.39. The summed E-state index contributed by atoms with van der Waals surface area (Å²) in [6.45, 7) is 2.48. The third-order valence-electron chi connectivity index (χ3n) is 3.47. The summed E-state index contributed by atoms with van der Waals surface area (Å²) < 4.78 is 10.2. The molecule has 0 bridgehead atoms. The van der Waals surface area contributed by atoms with Crippen molar-refractivity contribution in [2.75, 3.05) is 44.9 Å². The lowest BCUT2D eigenvalue weighted by Gasteiger charge is -2.33. The molecule has 116 valence electrons. The normalized spacial score (nSPS) is 17.8. The van der Waals surface area contributed by atoms with Crippen LogP contribution < -0.4 is 4.90 Å². The van der Waals surface area contributed by atoms with Crippen LogP contribution in [0.1, 0.15) is 12.0 Å². The zero-order valence-corrected chi connectivity index (χ0v) is 12.2. The van der Waals surface area contributed by atoms with E-state index in [2.05, 4.69) is 10.1 Å². The molecule has 1 aliphatic rings. The molecule has 21 heavy (non-hydrogen) atoms. The second-order valence-electron chi connectivity index (χ2n) is 4.98. The molecular formula is C15H22N2O4. The molecular weight excluding hydrogens is 272 g/mol. The van der Waals surface area contributed by atoms with Crippen LogP contribution in [0.3, 0.4) is 0 Å². The van der Waals surface area contributed by atoms with E-state index in [1.807, 2.05) is 24.3 Å². The molecule has 6 nitrogen and oxygen atoms in total. The van der Waals surface area contributed by atoms with E-state index in [9.17, 15) is 5.11 Å². The number of rotatable bonds is 7. The van der Waals surface area contributed by atoms with E-state index in [1.54, 1.807) is 7.11 Å². The van der Waals surface area contributed by atoms with Crippen molar-refractivity contribution < 1.29 is 19.8 Å². The Morgan fingerprint density at radius 1 is 1.33 bits per heavy atom. The van der Waals surface area contributed by atoms with Gasteiger partial charge in [-0.1, -0.05) is 23.4 Å². The lowest BCUT2D eigenvalue weighted by atomic mass is 9.99. The SMILES string of the molecule is COCCOCC(O)CN1CC/C(=N/O)c2ccccc21. The van der Waals surface area contributed by atoms with Crippen LogP contribution in [0.5, 0.6) is 0 Å². The van der Waals surface area contributed by atoms with Gasteiger partial charge in [-0.3, -0.25) is 0 Å². The number of nitrogens with zero attached hydrogens (tertiary/aromatic N) is 2.